The third kappa shape index (κ3) is 4.53. The lowest BCUT2D eigenvalue weighted by Gasteiger charge is -2.27. The molecular formula is C18H17ClF4N2O. The number of alkyl halides is 3. The van der Waals surface area contributed by atoms with Crippen molar-refractivity contribution in [1.82, 2.24) is 10.6 Å². The lowest BCUT2D eigenvalue weighted by atomic mass is 9.97. The van der Waals surface area contributed by atoms with Crippen LogP contribution < -0.4 is 10.6 Å². The molecule has 1 fully saturated rings. The smallest absolute Gasteiger partial charge is 0.352 e. The third-order valence-corrected chi connectivity index (χ3v) is 4.14. The van der Waals surface area contributed by atoms with Crippen molar-refractivity contribution in [3.8, 4) is 11.1 Å². The highest BCUT2D eigenvalue weighted by Gasteiger charge is 2.30. The van der Waals surface area contributed by atoms with Gasteiger partial charge in [-0.15, -0.1) is 12.4 Å². The fourth-order valence-corrected chi connectivity index (χ4v) is 2.64. The average Bonchev–Trinajstić information content (AvgIpc) is 2.52. The van der Waals surface area contributed by atoms with Crippen LogP contribution in [0.4, 0.5) is 17.6 Å². The zero-order chi connectivity index (χ0) is 18.0. The Morgan fingerprint density at radius 3 is 2.50 bits per heavy atom. The normalized spacial score (nSPS) is 14.3. The van der Waals surface area contributed by atoms with Gasteiger partial charge in [0.25, 0.3) is 5.91 Å². The van der Waals surface area contributed by atoms with Gasteiger partial charge in [0.2, 0.25) is 0 Å². The molecular weight excluding hydrogens is 372 g/mol. The maximum Gasteiger partial charge on any atom is 0.416 e. The quantitative estimate of drug-likeness (QED) is 0.780. The number of carbonyl (C=O) groups is 1. The van der Waals surface area contributed by atoms with E-state index < -0.39 is 23.5 Å². The van der Waals surface area contributed by atoms with Crippen molar-refractivity contribution >= 4 is 18.3 Å². The number of carbonyl (C=O) groups excluding carboxylic acids is 1. The van der Waals surface area contributed by atoms with Crippen molar-refractivity contribution in [1.29, 1.82) is 0 Å². The van der Waals surface area contributed by atoms with Crippen molar-refractivity contribution in [2.24, 2.45) is 5.92 Å². The molecule has 0 unspecified atom stereocenters. The number of rotatable bonds is 4. The zero-order valence-corrected chi connectivity index (χ0v) is 14.4. The zero-order valence-electron chi connectivity index (χ0n) is 13.6. The van der Waals surface area contributed by atoms with Gasteiger partial charge in [-0.3, -0.25) is 4.79 Å². The van der Waals surface area contributed by atoms with E-state index in [9.17, 15) is 22.4 Å². The van der Waals surface area contributed by atoms with Gasteiger partial charge in [-0.05, 0) is 35.4 Å². The highest BCUT2D eigenvalue weighted by Crippen LogP contribution is 2.33. The maximum atomic E-state index is 13.6. The first-order chi connectivity index (χ1) is 11.8. The Labute approximate surface area is 154 Å². The van der Waals surface area contributed by atoms with Crippen LogP contribution in [0.1, 0.15) is 15.9 Å². The number of halogens is 5. The van der Waals surface area contributed by atoms with E-state index in [1.165, 1.54) is 18.2 Å². The Balaban J connectivity index is 0.00000243. The monoisotopic (exact) mass is 388 g/mol. The van der Waals surface area contributed by atoms with Crippen LogP contribution in [0.2, 0.25) is 0 Å². The van der Waals surface area contributed by atoms with Crippen molar-refractivity contribution in [2.45, 2.75) is 6.18 Å². The molecule has 2 aromatic carbocycles. The van der Waals surface area contributed by atoms with Crippen LogP contribution in [0, 0.1) is 11.7 Å². The van der Waals surface area contributed by atoms with E-state index in [2.05, 4.69) is 10.6 Å². The Bertz CT molecular complexity index is 791. The molecule has 8 heteroatoms. The lowest BCUT2D eigenvalue weighted by Crippen LogP contribution is -2.48. The second-order valence-electron chi connectivity index (χ2n) is 6.00. The number of amides is 1. The minimum Gasteiger partial charge on any atom is -0.352 e. The van der Waals surface area contributed by atoms with Crippen LogP contribution in [0.3, 0.4) is 0 Å². The predicted molar refractivity (Wildman–Crippen MR) is 92.8 cm³/mol. The summed E-state index contributed by atoms with van der Waals surface area (Å²) in [5.74, 6) is -0.806. The van der Waals surface area contributed by atoms with Gasteiger partial charge in [0.15, 0.2) is 0 Å². The summed E-state index contributed by atoms with van der Waals surface area (Å²) in [7, 11) is 0. The number of benzene rings is 2. The Kier molecular flexibility index (Phi) is 6.26. The van der Waals surface area contributed by atoms with Crippen LogP contribution in [0.25, 0.3) is 11.1 Å². The Morgan fingerprint density at radius 2 is 1.88 bits per heavy atom. The first-order valence-corrected chi connectivity index (χ1v) is 7.80. The SMILES string of the molecule is Cl.O=C(NCC1CNC1)c1cc(F)ccc1-c1cccc(C(F)(F)F)c1. The molecule has 0 bridgehead atoms. The summed E-state index contributed by atoms with van der Waals surface area (Å²) in [5, 5.41) is 5.79. The fraction of sp³-hybridized carbons (Fsp3) is 0.278. The van der Waals surface area contributed by atoms with Crippen LogP contribution in [-0.2, 0) is 6.18 Å². The van der Waals surface area contributed by atoms with Crippen LogP contribution >= 0.6 is 12.4 Å². The maximum absolute atomic E-state index is 13.6. The lowest BCUT2D eigenvalue weighted by molar-refractivity contribution is -0.137. The van der Waals surface area contributed by atoms with Gasteiger partial charge in [-0.25, -0.2) is 4.39 Å². The summed E-state index contributed by atoms with van der Waals surface area (Å²) in [6.45, 7) is 2.03. The van der Waals surface area contributed by atoms with Crippen LogP contribution in [0.5, 0.6) is 0 Å². The molecule has 2 N–H and O–H groups in total. The second kappa shape index (κ2) is 8.05. The largest absolute Gasteiger partial charge is 0.416 e. The van der Waals surface area contributed by atoms with E-state index in [0.717, 1.165) is 37.4 Å². The van der Waals surface area contributed by atoms with Gasteiger partial charge in [-0.1, -0.05) is 18.2 Å². The van der Waals surface area contributed by atoms with Crippen molar-refractivity contribution in [3.05, 3.63) is 59.4 Å². The van der Waals surface area contributed by atoms with Crippen molar-refractivity contribution < 1.29 is 22.4 Å². The average molecular weight is 389 g/mol. The molecule has 1 aliphatic heterocycles. The third-order valence-electron chi connectivity index (χ3n) is 4.14. The molecule has 1 saturated heterocycles. The molecule has 0 saturated carbocycles. The number of nitrogens with one attached hydrogen (secondary N) is 2. The van der Waals surface area contributed by atoms with Crippen molar-refractivity contribution in [2.75, 3.05) is 19.6 Å². The van der Waals surface area contributed by atoms with Gasteiger partial charge in [0.1, 0.15) is 5.82 Å². The molecule has 2 aromatic rings. The predicted octanol–water partition coefficient (Wildman–Crippen LogP) is 3.88. The molecule has 3 rings (SSSR count). The molecule has 140 valence electrons. The van der Waals surface area contributed by atoms with E-state index in [4.69, 9.17) is 0 Å². The molecule has 0 aromatic heterocycles. The molecule has 0 aliphatic carbocycles. The molecule has 26 heavy (non-hydrogen) atoms. The van der Waals surface area contributed by atoms with Gasteiger partial charge in [0, 0.05) is 25.6 Å². The summed E-state index contributed by atoms with van der Waals surface area (Å²) in [4.78, 5) is 12.4. The topological polar surface area (TPSA) is 41.1 Å². The molecule has 3 nitrogen and oxygen atoms in total. The molecule has 0 spiro atoms. The van der Waals surface area contributed by atoms with Crippen LogP contribution in [-0.4, -0.2) is 25.5 Å². The minimum absolute atomic E-state index is 0. The van der Waals surface area contributed by atoms with Gasteiger partial charge in [-0.2, -0.15) is 13.2 Å². The van der Waals surface area contributed by atoms with Crippen molar-refractivity contribution in [3.63, 3.8) is 0 Å². The van der Waals surface area contributed by atoms with Crippen LogP contribution in [0.15, 0.2) is 42.5 Å². The fourth-order valence-electron chi connectivity index (χ4n) is 2.64. The minimum atomic E-state index is -4.49. The standard InChI is InChI=1S/C18H16F4N2O.ClH/c19-14-4-5-15(12-2-1-3-13(6-12)18(20,21)22)16(7-14)17(25)24-10-11-8-23-9-11;/h1-7,11,23H,8-10H2,(H,24,25);1H. The summed E-state index contributed by atoms with van der Waals surface area (Å²) in [6, 6.07) is 8.14. The summed E-state index contributed by atoms with van der Waals surface area (Å²) < 4.78 is 52.3. The van der Waals surface area contributed by atoms with Gasteiger partial charge >= 0.3 is 6.18 Å². The molecule has 0 atom stereocenters. The summed E-state index contributed by atoms with van der Waals surface area (Å²) >= 11 is 0. The van der Waals surface area contributed by atoms with E-state index in [0.29, 0.717) is 12.5 Å². The summed E-state index contributed by atoms with van der Waals surface area (Å²) in [5.41, 5.74) is -0.324. The second-order valence-corrected chi connectivity index (χ2v) is 6.00. The Morgan fingerprint density at radius 1 is 1.15 bits per heavy atom. The van der Waals surface area contributed by atoms with E-state index in [-0.39, 0.29) is 29.1 Å². The van der Waals surface area contributed by atoms with E-state index in [1.54, 1.807) is 0 Å². The molecule has 0 radical (unpaired) electrons. The van der Waals surface area contributed by atoms with E-state index >= 15 is 0 Å². The first kappa shape index (κ1) is 20.2. The first-order valence-electron chi connectivity index (χ1n) is 7.80. The molecule has 1 aliphatic rings. The van der Waals surface area contributed by atoms with Gasteiger partial charge < -0.3 is 10.6 Å². The van der Waals surface area contributed by atoms with Gasteiger partial charge in [0.05, 0.1) is 11.1 Å². The number of hydrogen-bond acceptors (Lipinski definition) is 2. The molecule has 1 amide bonds. The molecule has 1 heterocycles. The highest BCUT2D eigenvalue weighted by molar-refractivity contribution is 6.01. The Hall–Kier alpha value is -2.12. The van der Waals surface area contributed by atoms with E-state index in [1.807, 2.05) is 0 Å². The number of hydrogen-bond donors (Lipinski definition) is 2. The highest BCUT2D eigenvalue weighted by atomic mass is 35.5. The summed E-state index contributed by atoms with van der Waals surface area (Å²) in [6.07, 6.45) is -4.49.